The van der Waals surface area contributed by atoms with E-state index in [9.17, 15) is 0 Å². The van der Waals surface area contributed by atoms with Gasteiger partial charge < -0.3 is 0 Å². The van der Waals surface area contributed by atoms with Crippen molar-refractivity contribution in [3.63, 3.8) is 0 Å². The van der Waals surface area contributed by atoms with Crippen molar-refractivity contribution in [2.75, 3.05) is 0 Å². The van der Waals surface area contributed by atoms with Gasteiger partial charge in [-0.25, -0.2) is 0 Å². The van der Waals surface area contributed by atoms with Crippen LogP contribution in [0.4, 0.5) is 0 Å². The van der Waals surface area contributed by atoms with Gasteiger partial charge in [-0.15, -0.1) is 4.67 Å². The summed E-state index contributed by atoms with van der Waals surface area (Å²) in [6, 6.07) is 0. The topological polar surface area (TPSA) is 14.1 Å². The van der Waals surface area contributed by atoms with Crippen LogP contribution in [0.1, 0.15) is 6.92 Å². The summed E-state index contributed by atoms with van der Waals surface area (Å²) in [5, 5.41) is 0. The lowest BCUT2D eigenvalue weighted by atomic mass is 10.4. The first-order chi connectivity index (χ1) is 2.77. The Balaban J connectivity index is 3.60. The molecule has 0 amide bonds. The van der Waals surface area contributed by atoms with E-state index in [1.54, 1.807) is 6.21 Å². The smallest absolute Gasteiger partial charge is 0.109 e. The third kappa shape index (κ3) is 3.19. The molecular weight excluding hydrogens is 74.1 g/mol. The lowest BCUT2D eigenvalue weighted by Crippen LogP contribution is -1.74. The van der Waals surface area contributed by atoms with Crippen molar-refractivity contribution in [1.29, 1.82) is 0 Å². The van der Waals surface area contributed by atoms with Gasteiger partial charge in [-0.1, -0.05) is 6.58 Å². The Kier molecular flexibility index (Phi) is 2.10. The molecule has 0 saturated heterocycles. The highest BCUT2D eigenvalue weighted by molar-refractivity contribution is 5.76. The number of hydrogen-bond acceptors (Lipinski definition) is 0. The highest BCUT2D eigenvalue weighted by Crippen LogP contribution is 1.70. The molecule has 0 aromatic carbocycles. The molecule has 1 nitrogen and oxygen atoms in total. The van der Waals surface area contributed by atoms with E-state index >= 15 is 0 Å². The van der Waals surface area contributed by atoms with Gasteiger partial charge in [-0.2, -0.15) is 0 Å². The van der Waals surface area contributed by atoms with Crippen LogP contribution >= 0.6 is 0 Å². The Morgan fingerprint density at radius 1 is 1.83 bits per heavy atom. The van der Waals surface area contributed by atoms with Crippen LogP contribution in [-0.4, -0.2) is 12.9 Å². The normalized spacial score (nSPS) is 6.17. The Morgan fingerprint density at radius 2 is 2.33 bits per heavy atom. The summed E-state index contributed by atoms with van der Waals surface area (Å²) in [7, 11) is 0. The number of nitrogens with zero attached hydrogens (tertiary/aromatic N) is 1. The van der Waals surface area contributed by atoms with Crippen LogP contribution in [0.2, 0.25) is 0 Å². The van der Waals surface area contributed by atoms with Gasteiger partial charge in [0.05, 0.1) is 0 Å². The summed E-state index contributed by atoms with van der Waals surface area (Å²) in [4.78, 5) is 0. The summed E-state index contributed by atoms with van der Waals surface area (Å²) in [6.45, 7) is 8.66. The molecule has 32 valence electrons. The summed E-state index contributed by atoms with van der Waals surface area (Å²) >= 11 is 0. The maximum absolute atomic E-state index is 3.56. The first kappa shape index (κ1) is 5.19. The highest BCUT2D eigenvalue weighted by Gasteiger charge is 1.75. The van der Waals surface area contributed by atoms with E-state index < -0.39 is 0 Å². The second-order valence-corrected chi connectivity index (χ2v) is 1.16. The van der Waals surface area contributed by atoms with Crippen LogP contribution < -0.4 is 4.67 Å². The molecule has 1 heteroatoms. The molecule has 0 bridgehead atoms. The maximum Gasteiger partial charge on any atom is 0.293 e. The van der Waals surface area contributed by atoms with E-state index in [2.05, 4.69) is 18.0 Å². The fourth-order valence-corrected chi connectivity index (χ4v) is 0.156. The molecule has 0 unspecified atom stereocenters. The molecule has 0 spiro atoms. The number of allylic oxidation sites excluding steroid dienone is 1. The molecule has 0 radical (unpaired) electrons. The van der Waals surface area contributed by atoms with E-state index in [4.69, 9.17) is 0 Å². The summed E-state index contributed by atoms with van der Waals surface area (Å²) in [6.07, 6.45) is 1.61. The second-order valence-electron chi connectivity index (χ2n) is 1.16. The molecule has 0 fully saturated rings. The van der Waals surface area contributed by atoms with Crippen molar-refractivity contribution in [1.82, 2.24) is 4.67 Å². The van der Waals surface area contributed by atoms with Crippen LogP contribution in [0.25, 0.3) is 0 Å². The monoisotopic (exact) mass is 82.1 g/mol. The third-order valence-electron chi connectivity index (χ3n) is 0.312. The molecule has 0 aliphatic heterocycles. The van der Waals surface area contributed by atoms with Crippen LogP contribution in [-0.2, 0) is 0 Å². The molecule has 0 saturated carbocycles. The third-order valence-corrected chi connectivity index (χ3v) is 0.312. The van der Waals surface area contributed by atoms with E-state index in [1.165, 1.54) is 0 Å². The summed E-state index contributed by atoms with van der Waals surface area (Å²) in [5.41, 5.74) is 0.935. The van der Waals surface area contributed by atoms with Crippen molar-refractivity contribution < 1.29 is 0 Å². The predicted octanol–water partition coefficient (Wildman–Crippen LogP) is 0.401. The van der Waals surface area contributed by atoms with Gasteiger partial charge in [0.15, 0.2) is 0 Å². The molecule has 0 aliphatic rings. The molecule has 0 N–H and O–H groups in total. The molecule has 0 aromatic rings. The lowest BCUT2D eigenvalue weighted by Gasteiger charge is -1.61. The zero-order valence-corrected chi connectivity index (χ0v) is 3.94. The molecule has 6 heavy (non-hydrogen) atoms. The van der Waals surface area contributed by atoms with Gasteiger partial charge in [-0.3, -0.25) is 0 Å². The number of hydrogen-bond donors (Lipinski definition) is 0. The minimum atomic E-state index is 0.935. The predicted molar refractivity (Wildman–Crippen MR) is 30.1 cm³/mol. The van der Waals surface area contributed by atoms with E-state index in [1.807, 2.05) is 6.92 Å². The zero-order chi connectivity index (χ0) is 4.99. The molecular formula is C5H8N+. The first-order valence-corrected chi connectivity index (χ1v) is 1.72. The van der Waals surface area contributed by atoms with Crippen molar-refractivity contribution in [2.45, 2.75) is 6.92 Å². The summed E-state index contributed by atoms with van der Waals surface area (Å²) in [5.74, 6) is 0. The average molecular weight is 82.1 g/mol. The van der Waals surface area contributed by atoms with E-state index in [0.29, 0.717) is 0 Å². The maximum atomic E-state index is 3.56. The fourth-order valence-electron chi connectivity index (χ4n) is 0.156. The Bertz CT molecular complexity index is 96.5. The molecule has 0 aromatic heterocycles. The van der Waals surface area contributed by atoms with Gasteiger partial charge in [0.1, 0.15) is 0 Å². The minimum Gasteiger partial charge on any atom is -0.109 e. The molecule has 0 rings (SSSR count). The van der Waals surface area contributed by atoms with Gasteiger partial charge in [0.25, 0.3) is 12.9 Å². The SMILES string of the molecule is C=[N+]=CC(=C)C. The van der Waals surface area contributed by atoms with Crippen LogP contribution in [0.3, 0.4) is 0 Å². The van der Waals surface area contributed by atoms with Crippen molar-refractivity contribution in [3.05, 3.63) is 12.2 Å². The quantitative estimate of drug-likeness (QED) is 0.321. The highest BCUT2D eigenvalue weighted by atomic mass is 14.5. The second kappa shape index (κ2) is 2.43. The largest absolute Gasteiger partial charge is 0.293 e. The van der Waals surface area contributed by atoms with Crippen LogP contribution in [0.15, 0.2) is 12.2 Å². The van der Waals surface area contributed by atoms with Gasteiger partial charge in [0, 0.05) is 5.57 Å². The van der Waals surface area contributed by atoms with Crippen LogP contribution in [0, 0.1) is 0 Å². The number of rotatable bonds is 1. The standard InChI is InChI=1S/C5H8N/c1-5(2)4-6-3/h4H,1,3H2,2H3/q+1. The van der Waals surface area contributed by atoms with Crippen molar-refractivity contribution >= 4 is 12.9 Å². The fraction of sp³-hybridized carbons (Fsp3) is 0.200. The van der Waals surface area contributed by atoms with Crippen molar-refractivity contribution in [3.8, 4) is 0 Å². The molecule has 0 heterocycles. The first-order valence-electron chi connectivity index (χ1n) is 1.72. The molecule has 0 aliphatic carbocycles. The zero-order valence-electron chi connectivity index (χ0n) is 3.94. The average Bonchev–Trinajstić information content (AvgIpc) is 1.35. The summed E-state index contributed by atoms with van der Waals surface area (Å²) < 4.78 is 3.46. The lowest BCUT2D eigenvalue weighted by molar-refractivity contribution is 1.62. The van der Waals surface area contributed by atoms with Gasteiger partial charge in [-0.05, 0) is 6.92 Å². The Morgan fingerprint density at radius 3 is 2.33 bits per heavy atom. The van der Waals surface area contributed by atoms with Gasteiger partial charge >= 0.3 is 0 Å². The van der Waals surface area contributed by atoms with Crippen molar-refractivity contribution in [2.24, 2.45) is 0 Å². The van der Waals surface area contributed by atoms with E-state index in [0.717, 1.165) is 5.57 Å². The molecule has 0 atom stereocenters. The van der Waals surface area contributed by atoms with E-state index in [-0.39, 0.29) is 0 Å². The Hall–Kier alpha value is -0.810. The Labute approximate surface area is 37.8 Å². The van der Waals surface area contributed by atoms with Gasteiger partial charge in [0.2, 0.25) is 0 Å². The minimum absolute atomic E-state index is 0.935. The van der Waals surface area contributed by atoms with Crippen LogP contribution in [0.5, 0.6) is 0 Å².